The van der Waals surface area contributed by atoms with Gasteiger partial charge in [-0.15, -0.1) is 6.58 Å². The average Bonchev–Trinajstić information content (AvgIpc) is 2.39. The zero-order valence-electron chi connectivity index (χ0n) is 12.3. The Kier molecular flexibility index (Phi) is 10.2. The summed E-state index contributed by atoms with van der Waals surface area (Å²) < 4.78 is 5.39. The van der Waals surface area contributed by atoms with Crippen molar-refractivity contribution in [3.05, 3.63) is 12.7 Å². The summed E-state index contributed by atoms with van der Waals surface area (Å²) in [6, 6.07) is 0. The van der Waals surface area contributed by atoms with E-state index in [1.165, 1.54) is 0 Å². The van der Waals surface area contributed by atoms with Gasteiger partial charge in [0.15, 0.2) is 0 Å². The van der Waals surface area contributed by atoms with Crippen LogP contribution < -0.4 is 11.1 Å². The van der Waals surface area contributed by atoms with Gasteiger partial charge in [0.1, 0.15) is 5.84 Å². The van der Waals surface area contributed by atoms with Crippen LogP contribution in [0.3, 0.4) is 0 Å². The second-order valence-electron chi connectivity index (χ2n) is 5.27. The lowest BCUT2D eigenvalue weighted by atomic mass is 9.86. The number of amidine groups is 1. The van der Waals surface area contributed by atoms with Gasteiger partial charge in [0, 0.05) is 12.0 Å². The lowest BCUT2D eigenvalue weighted by Gasteiger charge is -2.22. The van der Waals surface area contributed by atoms with E-state index in [0.717, 1.165) is 52.0 Å². The molecule has 0 rings (SSSR count). The maximum Gasteiger partial charge on any atom is 0.144 e. The minimum Gasteiger partial charge on any atom is -0.409 e. The smallest absolute Gasteiger partial charge is 0.144 e. The van der Waals surface area contributed by atoms with E-state index in [2.05, 4.69) is 17.1 Å². The van der Waals surface area contributed by atoms with E-state index in [1.807, 2.05) is 19.9 Å². The Morgan fingerprint density at radius 2 is 2.11 bits per heavy atom. The van der Waals surface area contributed by atoms with Gasteiger partial charge < -0.3 is 21.0 Å². The fraction of sp³-hybridized carbons (Fsp3) is 0.786. The molecule has 0 aliphatic heterocycles. The van der Waals surface area contributed by atoms with E-state index in [0.29, 0.717) is 5.84 Å². The van der Waals surface area contributed by atoms with Crippen LogP contribution in [0.4, 0.5) is 0 Å². The van der Waals surface area contributed by atoms with Crippen LogP contribution >= 0.6 is 0 Å². The molecule has 0 radical (unpaired) electrons. The molecule has 0 unspecified atom stereocenters. The molecule has 0 aromatic carbocycles. The third kappa shape index (κ3) is 9.50. The van der Waals surface area contributed by atoms with E-state index < -0.39 is 0 Å². The number of hydrogen-bond acceptors (Lipinski definition) is 4. The van der Waals surface area contributed by atoms with Crippen LogP contribution in [-0.2, 0) is 4.74 Å². The molecule has 0 aliphatic rings. The number of nitrogens with two attached hydrogens (primary N) is 1. The molecular weight excluding hydrogens is 242 g/mol. The van der Waals surface area contributed by atoms with Gasteiger partial charge in [-0.25, -0.2) is 0 Å². The molecule has 0 aliphatic carbocycles. The van der Waals surface area contributed by atoms with Gasteiger partial charge in [-0.1, -0.05) is 31.5 Å². The van der Waals surface area contributed by atoms with Crippen molar-refractivity contribution < 1.29 is 9.94 Å². The Bertz CT molecular complexity index is 265. The van der Waals surface area contributed by atoms with Crippen molar-refractivity contribution >= 4 is 5.84 Å². The number of ether oxygens (including phenoxy) is 1. The Balaban J connectivity index is 3.38. The fourth-order valence-corrected chi connectivity index (χ4v) is 1.62. The molecule has 0 aromatic rings. The first-order valence-electron chi connectivity index (χ1n) is 6.92. The SMILES string of the molecule is C=CCCOCCNCCCCC(C)(C)/C(N)=N/O. The first-order valence-corrected chi connectivity index (χ1v) is 6.92. The maximum atomic E-state index is 8.66. The minimum atomic E-state index is -0.234. The van der Waals surface area contributed by atoms with E-state index in [4.69, 9.17) is 15.7 Å². The molecule has 5 heteroatoms. The molecule has 0 atom stereocenters. The van der Waals surface area contributed by atoms with E-state index >= 15 is 0 Å². The Morgan fingerprint density at radius 3 is 2.74 bits per heavy atom. The van der Waals surface area contributed by atoms with Crippen molar-refractivity contribution in [2.24, 2.45) is 16.3 Å². The molecule has 0 spiro atoms. The normalized spacial score (nSPS) is 12.6. The van der Waals surface area contributed by atoms with Crippen LogP contribution in [0.1, 0.15) is 39.5 Å². The Hall–Kier alpha value is -1.07. The number of nitrogens with zero attached hydrogens (tertiary/aromatic N) is 1. The molecule has 112 valence electrons. The lowest BCUT2D eigenvalue weighted by Crippen LogP contribution is -2.32. The highest BCUT2D eigenvalue weighted by Crippen LogP contribution is 2.22. The van der Waals surface area contributed by atoms with Gasteiger partial charge >= 0.3 is 0 Å². The van der Waals surface area contributed by atoms with Crippen molar-refractivity contribution in [2.75, 3.05) is 26.3 Å². The highest BCUT2D eigenvalue weighted by molar-refractivity contribution is 5.85. The number of hydrogen-bond donors (Lipinski definition) is 3. The topological polar surface area (TPSA) is 79.9 Å². The second-order valence-corrected chi connectivity index (χ2v) is 5.27. The van der Waals surface area contributed by atoms with Gasteiger partial charge in [0.2, 0.25) is 0 Å². The average molecular weight is 271 g/mol. The molecule has 0 heterocycles. The Morgan fingerprint density at radius 1 is 1.37 bits per heavy atom. The summed E-state index contributed by atoms with van der Waals surface area (Å²) in [6.07, 6.45) is 5.81. The summed E-state index contributed by atoms with van der Waals surface area (Å²) in [6.45, 7) is 10.9. The van der Waals surface area contributed by atoms with Crippen molar-refractivity contribution in [3.63, 3.8) is 0 Å². The van der Waals surface area contributed by atoms with Crippen LogP contribution in [0.2, 0.25) is 0 Å². The summed E-state index contributed by atoms with van der Waals surface area (Å²) in [5.74, 6) is 0.302. The fourth-order valence-electron chi connectivity index (χ4n) is 1.62. The number of rotatable bonds is 12. The maximum absolute atomic E-state index is 8.66. The van der Waals surface area contributed by atoms with Gasteiger partial charge in [0.05, 0.1) is 13.2 Å². The second kappa shape index (κ2) is 10.8. The van der Waals surface area contributed by atoms with Gasteiger partial charge in [-0.2, -0.15) is 0 Å². The van der Waals surface area contributed by atoms with Crippen LogP contribution in [0, 0.1) is 5.41 Å². The number of oxime groups is 1. The highest BCUT2D eigenvalue weighted by Gasteiger charge is 2.22. The molecule has 0 saturated heterocycles. The van der Waals surface area contributed by atoms with Crippen molar-refractivity contribution in [2.45, 2.75) is 39.5 Å². The predicted octanol–water partition coefficient (Wildman–Crippen LogP) is 2.11. The van der Waals surface area contributed by atoms with Crippen LogP contribution in [0.25, 0.3) is 0 Å². The van der Waals surface area contributed by atoms with Crippen molar-refractivity contribution in [3.8, 4) is 0 Å². The molecule has 0 amide bonds. The minimum absolute atomic E-state index is 0.234. The predicted molar refractivity (Wildman–Crippen MR) is 79.5 cm³/mol. The molecular formula is C14H29N3O2. The summed E-state index contributed by atoms with van der Waals surface area (Å²) in [4.78, 5) is 0. The largest absolute Gasteiger partial charge is 0.409 e. The van der Waals surface area contributed by atoms with E-state index in [-0.39, 0.29) is 5.41 Å². The summed E-state index contributed by atoms with van der Waals surface area (Å²) in [5, 5.41) is 15.1. The van der Waals surface area contributed by atoms with Gasteiger partial charge in [-0.05, 0) is 25.8 Å². The summed E-state index contributed by atoms with van der Waals surface area (Å²) in [5.41, 5.74) is 5.40. The van der Waals surface area contributed by atoms with E-state index in [9.17, 15) is 0 Å². The zero-order valence-corrected chi connectivity index (χ0v) is 12.3. The molecule has 0 bridgehead atoms. The molecule has 19 heavy (non-hydrogen) atoms. The van der Waals surface area contributed by atoms with Crippen LogP contribution in [-0.4, -0.2) is 37.3 Å². The number of nitrogens with one attached hydrogen (secondary N) is 1. The number of unbranched alkanes of at least 4 members (excludes halogenated alkanes) is 1. The quantitative estimate of drug-likeness (QED) is 0.127. The van der Waals surface area contributed by atoms with E-state index in [1.54, 1.807) is 0 Å². The Labute approximate surface area is 116 Å². The van der Waals surface area contributed by atoms with Gasteiger partial charge in [0.25, 0.3) is 0 Å². The lowest BCUT2D eigenvalue weighted by molar-refractivity contribution is 0.140. The monoisotopic (exact) mass is 271 g/mol. The van der Waals surface area contributed by atoms with Gasteiger partial charge in [-0.3, -0.25) is 0 Å². The van der Waals surface area contributed by atoms with Crippen LogP contribution in [0.5, 0.6) is 0 Å². The molecule has 0 fully saturated rings. The molecule has 4 N–H and O–H groups in total. The van der Waals surface area contributed by atoms with Crippen molar-refractivity contribution in [1.29, 1.82) is 0 Å². The first-order chi connectivity index (χ1) is 9.04. The highest BCUT2D eigenvalue weighted by atomic mass is 16.5. The summed E-state index contributed by atoms with van der Waals surface area (Å²) >= 11 is 0. The third-order valence-electron chi connectivity index (χ3n) is 3.10. The first kappa shape index (κ1) is 17.9. The molecule has 0 aromatic heterocycles. The molecule has 5 nitrogen and oxygen atoms in total. The zero-order chi connectivity index (χ0) is 14.6. The molecule has 0 saturated carbocycles. The third-order valence-corrected chi connectivity index (χ3v) is 3.10. The van der Waals surface area contributed by atoms with Crippen LogP contribution in [0.15, 0.2) is 17.8 Å². The summed E-state index contributed by atoms with van der Waals surface area (Å²) in [7, 11) is 0. The standard InChI is InChI=1S/C14H29N3O2/c1-4-5-11-19-12-10-16-9-7-6-8-14(2,3)13(15)17-18/h4,16,18H,1,5-12H2,2-3H3,(H2,15,17). The van der Waals surface area contributed by atoms with Crippen molar-refractivity contribution in [1.82, 2.24) is 5.32 Å².